The summed E-state index contributed by atoms with van der Waals surface area (Å²) >= 11 is 0. The fraction of sp³-hybridized carbons (Fsp3) is 0.948. The minimum Gasteiger partial charge on any atom is -0.462 e. The van der Waals surface area contributed by atoms with Crippen LogP contribution in [-0.4, -0.2) is 37.2 Å². The molecule has 6 nitrogen and oxygen atoms in total. The van der Waals surface area contributed by atoms with Crippen LogP contribution in [0, 0.1) is 17.8 Å². The Morgan fingerprint density at radius 1 is 0.312 bits per heavy atom. The van der Waals surface area contributed by atoms with E-state index in [2.05, 4.69) is 41.5 Å². The third-order valence-corrected chi connectivity index (χ3v) is 13.9. The highest BCUT2D eigenvalue weighted by Gasteiger charge is 2.19. The molecule has 0 aromatic rings. The van der Waals surface area contributed by atoms with Gasteiger partial charge < -0.3 is 14.2 Å². The van der Waals surface area contributed by atoms with Crippen molar-refractivity contribution in [1.29, 1.82) is 0 Å². The van der Waals surface area contributed by atoms with Gasteiger partial charge in [0.25, 0.3) is 0 Å². The molecule has 0 saturated heterocycles. The largest absolute Gasteiger partial charge is 0.462 e. The Hall–Kier alpha value is -1.59. The topological polar surface area (TPSA) is 78.9 Å². The van der Waals surface area contributed by atoms with Crippen molar-refractivity contribution in [2.45, 2.75) is 324 Å². The van der Waals surface area contributed by atoms with Crippen molar-refractivity contribution < 1.29 is 28.6 Å². The molecule has 380 valence electrons. The molecule has 6 heteroatoms. The van der Waals surface area contributed by atoms with E-state index in [1.54, 1.807) is 0 Å². The maximum atomic E-state index is 12.8. The molecule has 0 saturated carbocycles. The van der Waals surface area contributed by atoms with Gasteiger partial charge in [-0.3, -0.25) is 14.4 Å². The molecule has 0 amide bonds. The second-order valence-corrected chi connectivity index (χ2v) is 20.9. The van der Waals surface area contributed by atoms with E-state index in [4.69, 9.17) is 14.2 Å². The number of carbonyl (C=O) groups is 3. The fourth-order valence-corrected chi connectivity index (χ4v) is 8.76. The van der Waals surface area contributed by atoms with Crippen LogP contribution in [0.5, 0.6) is 0 Å². The molecule has 0 aliphatic rings. The van der Waals surface area contributed by atoms with Crippen molar-refractivity contribution in [2.75, 3.05) is 13.2 Å². The lowest BCUT2D eigenvalue weighted by molar-refractivity contribution is -0.167. The van der Waals surface area contributed by atoms with E-state index >= 15 is 0 Å². The third-order valence-electron chi connectivity index (χ3n) is 13.9. The lowest BCUT2D eigenvalue weighted by Gasteiger charge is -2.18. The SMILES string of the molecule is CCC(C)CCCCCCCCCCCCCCCCCCCCC(=O)OC[C@@H](COC(=O)CCCCCCCCCCCCCC(C)C)OC(=O)CCCCCCCCC(C)CC. The summed E-state index contributed by atoms with van der Waals surface area (Å²) in [6.07, 6.45) is 51.0. The molecule has 0 heterocycles. The van der Waals surface area contributed by atoms with Crippen LogP contribution in [0.25, 0.3) is 0 Å². The van der Waals surface area contributed by atoms with Crippen molar-refractivity contribution in [3.8, 4) is 0 Å². The Morgan fingerprint density at radius 3 is 0.812 bits per heavy atom. The van der Waals surface area contributed by atoms with Gasteiger partial charge in [0.05, 0.1) is 0 Å². The van der Waals surface area contributed by atoms with Crippen LogP contribution in [0.15, 0.2) is 0 Å². The smallest absolute Gasteiger partial charge is 0.306 e. The van der Waals surface area contributed by atoms with Crippen molar-refractivity contribution in [2.24, 2.45) is 17.8 Å². The maximum absolute atomic E-state index is 12.8. The highest BCUT2D eigenvalue weighted by molar-refractivity contribution is 5.71. The van der Waals surface area contributed by atoms with E-state index in [1.807, 2.05) is 0 Å². The predicted molar refractivity (Wildman–Crippen MR) is 275 cm³/mol. The number of carbonyl (C=O) groups excluding carboxylic acids is 3. The number of ether oxygens (including phenoxy) is 3. The number of unbranched alkanes of at least 4 members (excludes halogenated alkanes) is 32. The van der Waals surface area contributed by atoms with Gasteiger partial charge in [-0.25, -0.2) is 0 Å². The van der Waals surface area contributed by atoms with E-state index in [9.17, 15) is 14.4 Å². The van der Waals surface area contributed by atoms with Gasteiger partial charge in [-0.15, -0.1) is 0 Å². The number of rotatable bonds is 51. The van der Waals surface area contributed by atoms with Crippen LogP contribution in [0.1, 0.15) is 318 Å². The normalized spacial score (nSPS) is 13.0. The van der Waals surface area contributed by atoms with Gasteiger partial charge in [0.15, 0.2) is 6.10 Å². The molecule has 0 N–H and O–H groups in total. The van der Waals surface area contributed by atoms with Crippen molar-refractivity contribution in [3.05, 3.63) is 0 Å². The minimum absolute atomic E-state index is 0.0648. The molecular formula is C58H112O6. The summed E-state index contributed by atoms with van der Waals surface area (Å²) in [4.78, 5) is 38.0. The average molecular weight is 906 g/mol. The minimum atomic E-state index is -0.764. The Kier molecular flexibility index (Phi) is 48.1. The summed E-state index contributed by atoms with van der Waals surface area (Å²) in [6, 6.07) is 0. The lowest BCUT2D eigenvalue weighted by Crippen LogP contribution is -2.30. The van der Waals surface area contributed by atoms with Gasteiger partial charge in [0.2, 0.25) is 0 Å². The zero-order chi connectivity index (χ0) is 47.0. The highest BCUT2D eigenvalue weighted by atomic mass is 16.6. The Bertz CT molecular complexity index is 995. The molecule has 0 radical (unpaired) electrons. The zero-order valence-electron chi connectivity index (χ0n) is 44.1. The van der Waals surface area contributed by atoms with E-state index in [-0.39, 0.29) is 31.1 Å². The van der Waals surface area contributed by atoms with E-state index in [1.165, 1.54) is 199 Å². The van der Waals surface area contributed by atoms with Crippen molar-refractivity contribution in [3.63, 3.8) is 0 Å². The molecule has 2 unspecified atom stereocenters. The molecule has 0 aliphatic carbocycles. The second-order valence-electron chi connectivity index (χ2n) is 20.9. The number of hydrogen-bond donors (Lipinski definition) is 0. The lowest BCUT2D eigenvalue weighted by atomic mass is 9.99. The Morgan fingerprint density at radius 2 is 0.547 bits per heavy atom. The number of hydrogen-bond acceptors (Lipinski definition) is 6. The quantitative estimate of drug-likeness (QED) is 0.0344. The molecular weight excluding hydrogens is 793 g/mol. The van der Waals surface area contributed by atoms with E-state index in [0.29, 0.717) is 19.3 Å². The first-order chi connectivity index (χ1) is 31.2. The number of esters is 3. The van der Waals surface area contributed by atoms with E-state index in [0.717, 1.165) is 75.5 Å². The monoisotopic (exact) mass is 905 g/mol. The fourth-order valence-electron chi connectivity index (χ4n) is 8.76. The first-order valence-electron chi connectivity index (χ1n) is 28.7. The van der Waals surface area contributed by atoms with Gasteiger partial charge in [-0.2, -0.15) is 0 Å². The molecule has 0 bridgehead atoms. The van der Waals surface area contributed by atoms with Crippen LogP contribution in [0.3, 0.4) is 0 Å². The molecule has 0 aromatic carbocycles. The molecule has 0 aromatic heterocycles. The molecule has 0 spiro atoms. The highest BCUT2D eigenvalue weighted by Crippen LogP contribution is 2.19. The zero-order valence-corrected chi connectivity index (χ0v) is 44.1. The van der Waals surface area contributed by atoms with Gasteiger partial charge in [-0.1, -0.05) is 279 Å². The van der Waals surface area contributed by atoms with Crippen LogP contribution in [-0.2, 0) is 28.6 Å². The predicted octanol–water partition coefficient (Wildman–Crippen LogP) is 18.7. The molecule has 0 rings (SSSR count). The first-order valence-corrected chi connectivity index (χ1v) is 28.7. The first kappa shape index (κ1) is 62.4. The van der Waals surface area contributed by atoms with Gasteiger partial charge in [0, 0.05) is 19.3 Å². The third kappa shape index (κ3) is 48.3. The molecule has 3 atom stereocenters. The van der Waals surface area contributed by atoms with Crippen LogP contribution < -0.4 is 0 Å². The summed E-state index contributed by atoms with van der Waals surface area (Å²) in [5.74, 6) is 1.70. The summed E-state index contributed by atoms with van der Waals surface area (Å²) in [5.41, 5.74) is 0. The summed E-state index contributed by atoms with van der Waals surface area (Å²) in [7, 11) is 0. The van der Waals surface area contributed by atoms with Gasteiger partial charge >= 0.3 is 17.9 Å². The standard InChI is InChI=1S/C58H112O6/c1-7-53(5)45-39-33-27-23-19-15-13-11-9-10-12-14-16-20-24-28-35-41-47-56(59)62-50-55(64-58(61)49-43-37-31-30-34-40-46-54(6)8-2)51-63-57(60)48-42-36-29-25-21-17-18-22-26-32-38-44-52(3)4/h52-55H,7-51H2,1-6H3/t53?,54?,55-/m0/s1. The van der Waals surface area contributed by atoms with E-state index < -0.39 is 6.10 Å². The molecule has 0 aliphatic heterocycles. The van der Waals surface area contributed by atoms with Gasteiger partial charge in [0.1, 0.15) is 13.2 Å². The average Bonchev–Trinajstić information content (AvgIpc) is 3.28. The maximum Gasteiger partial charge on any atom is 0.306 e. The molecule has 64 heavy (non-hydrogen) atoms. The van der Waals surface area contributed by atoms with Gasteiger partial charge in [-0.05, 0) is 37.0 Å². The molecule has 0 fully saturated rings. The van der Waals surface area contributed by atoms with Crippen LogP contribution in [0.4, 0.5) is 0 Å². The van der Waals surface area contributed by atoms with Crippen molar-refractivity contribution >= 4 is 17.9 Å². The van der Waals surface area contributed by atoms with Crippen LogP contribution >= 0.6 is 0 Å². The van der Waals surface area contributed by atoms with Crippen LogP contribution in [0.2, 0.25) is 0 Å². The summed E-state index contributed by atoms with van der Waals surface area (Å²) < 4.78 is 16.8. The van der Waals surface area contributed by atoms with Crippen molar-refractivity contribution in [1.82, 2.24) is 0 Å². The summed E-state index contributed by atoms with van der Waals surface area (Å²) in [6.45, 7) is 13.8. The summed E-state index contributed by atoms with van der Waals surface area (Å²) in [5, 5.41) is 0. The second kappa shape index (κ2) is 49.3. The Labute approximate surface area is 399 Å². The Balaban J connectivity index is 4.19.